The number of benzene rings is 1. The van der Waals surface area contributed by atoms with E-state index in [1.165, 1.54) is 23.4 Å². The molecular weight excluding hydrogens is 395 g/mol. The molecule has 4 rings (SSSR count). The summed E-state index contributed by atoms with van der Waals surface area (Å²) in [6.07, 6.45) is 4.60. The van der Waals surface area contributed by atoms with Crippen molar-refractivity contribution in [1.29, 1.82) is 0 Å². The highest BCUT2D eigenvalue weighted by molar-refractivity contribution is 6.39. The van der Waals surface area contributed by atoms with Gasteiger partial charge in [-0.05, 0) is 6.07 Å². The van der Waals surface area contributed by atoms with Gasteiger partial charge in [0, 0.05) is 48.6 Å². The molecule has 3 aromatic heterocycles. The van der Waals surface area contributed by atoms with Crippen molar-refractivity contribution in [3.8, 4) is 22.4 Å². The summed E-state index contributed by atoms with van der Waals surface area (Å²) in [6, 6.07) is 6.40. The Kier molecular flexibility index (Phi) is 4.63. The second-order valence-corrected chi connectivity index (χ2v) is 6.96. The summed E-state index contributed by atoms with van der Waals surface area (Å²) >= 11 is 6.68. The van der Waals surface area contributed by atoms with Gasteiger partial charge in [-0.2, -0.15) is 0 Å². The van der Waals surface area contributed by atoms with E-state index in [1.54, 1.807) is 38.5 Å². The molecule has 0 unspecified atom stereocenters. The number of anilines is 1. The summed E-state index contributed by atoms with van der Waals surface area (Å²) in [5.74, 6) is -0.733. The Bertz CT molecular complexity index is 1250. The number of fused-ring (bicyclic) bond motifs is 1. The molecule has 0 aliphatic heterocycles. The van der Waals surface area contributed by atoms with Gasteiger partial charge in [0.25, 0.3) is 5.91 Å². The molecule has 0 aliphatic carbocycles. The van der Waals surface area contributed by atoms with Gasteiger partial charge in [0.2, 0.25) is 0 Å². The summed E-state index contributed by atoms with van der Waals surface area (Å²) in [5, 5.41) is 0.866. The van der Waals surface area contributed by atoms with Crippen molar-refractivity contribution >= 4 is 34.4 Å². The largest absolute Gasteiger partial charge is 0.382 e. The van der Waals surface area contributed by atoms with Crippen LogP contribution in [-0.4, -0.2) is 44.8 Å². The van der Waals surface area contributed by atoms with Gasteiger partial charge in [0.05, 0.1) is 16.9 Å². The minimum absolute atomic E-state index is 0.0197. The fraction of sp³-hybridized carbons (Fsp3) is 0.100. The number of rotatable bonds is 3. The average molecular weight is 411 g/mol. The highest BCUT2D eigenvalue weighted by Gasteiger charge is 2.20. The summed E-state index contributed by atoms with van der Waals surface area (Å²) in [6.45, 7) is 0. The zero-order chi connectivity index (χ0) is 20.7. The van der Waals surface area contributed by atoms with Crippen LogP contribution in [0.2, 0.25) is 5.02 Å². The molecule has 1 amide bonds. The Morgan fingerprint density at radius 1 is 1.14 bits per heavy atom. The van der Waals surface area contributed by atoms with Crippen LogP contribution in [0.3, 0.4) is 0 Å². The number of nitrogens with zero attached hydrogens (tertiary/aromatic N) is 4. The Morgan fingerprint density at radius 2 is 1.90 bits per heavy atom. The Balaban J connectivity index is 1.92. The molecule has 146 valence electrons. The molecule has 4 aromatic rings. The first kappa shape index (κ1) is 18.8. The van der Waals surface area contributed by atoms with E-state index in [2.05, 4.69) is 19.9 Å². The number of carbonyl (C=O) groups is 1. The van der Waals surface area contributed by atoms with Gasteiger partial charge >= 0.3 is 0 Å². The summed E-state index contributed by atoms with van der Waals surface area (Å²) in [7, 11) is 3.19. The molecule has 0 saturated carbocycles. The van der Waals surface area contributed by atoms with E-state index in [-0.39, 0.29) is 23.2 Å². The first-order valence-electron chi connectivity index (χ1n) is 8.63. The zero-order valence-corrected chi connectivity index (χ0v) is 16.3. The summed E-state index contributed by atoms with van der Waals surface area (Å²) in [5.41, 5.74) is 8.11. The number of nitrogens with two attached hydrogens (primary N) is 1. The maximum atomic E-state index is 14.3. The fourth-order valence-electron chi connectivity index (χ4n) is 3.02. The Morgan fingerprint density at radius 3 is 2.62 bits per heavy atom. The molecule has 0 fully saturated rings. The molecule has 9 heteroatoms. The number of hydrogen-bond acceptors (Lipinski definition) is 5. The Labute approximate surface area is 170 Å². The lowest BCUT2D eigenvalue weighted by Gasteiger charge is -2.12. The van der Waals surface area contributed by atoms with E-state index in [4.69, 9.17) is 17.3 Å². The molecule has 0 saturated heterocycles. The zero-order valence-electron chi connectivity index (χ0n) is 15.6. The number of aromatic nitrogens is 4. The van der Waals surface area contributed by atoms with Crippen molar-refractivity contribution in [3.05, 3.63) is 59.4 Å². The van der Waals surface area contributed by atoms with Gasteiger partial charge in [-0.15, -0.1) is 0 Å². The van der Waals surface area contributed by atoms with Crippen LogP contribution in [0.15, 0.2) is 42.9 Å². The van der Waals surface area contributed by atoms with Crippen LogP contribution in [0.25, 0.3) is 33.4 Å². The predicted molar refractivity (Wildman–Crippen MR) is 110 cm³/mol. The maximum Gasteiger partial charge on any atom is 0.275 e. The van der Waals surface area contributed by atoms with Crippen molar-refractivity contribution in [2.75, 3.05) is 19.8 Å². The number of carbonyl (C=O) groups excluding carboxylic acids is 1. The number of pyridine rings is 1. The number of nitrogens with one attached hydrogen (secondary N) is 1. The van der Waals surface area contributed by atoms with Crippen LogP contribution in [0.1, 0.15) is 10.5 Å². The summed E-state index contributed by atoms with van der Waals surface area (Å²) < 4.78 is 14.3. The minimum Gasteiger partial charge on any atom is -0.382 e. The van der Waals surface area contributed by atoms with Crippen LogP contribution in [0.5, 0.6) is 0 Å². The lowest BCUT2D eigenvalue weighted by Crippen LogP contribution is -2.24. The molecular formula is C20H16ClFN6O. The fourth-order valence-corrected chi connectivity index (χ4v) is 3.36. The van der Waals surface area contributed by atoms with Crippen LogP contribution < -0.4 is 5.73 Å². The first-order valence-corrected chi connectivity index (χ1v) is 9.01. The third-order valence-electron chi connectivity index (χ3n) is 4.49. The highest BCUT2D eigenvalue weighted by atomic mass is 35.5. The molecule has 0 radical (unpaired) electrons. The van der Waals surface area contributed by atoms with Gasteiger partial charge < -0.3 is 15.6 Å². The SMILES string of the molecule is CN(C)C(=O)c1nc(-c2cnc3[nH]cc(-c4ccccc4F)c3c2Cl)cnc1N. The molecule has 0 atom stereocenters. The number of halogens is 2. The molecule has 0 spiro atoms. The van der Waals surface area contributed by atoms with Gasteiger partial charge in [0.15, 0.2) is 11.5 Å². The monoisotopic (exact) mass is 410 g/mol. The molecule has 3 heterocycles. The van der Waals surface area contributed by atoms with Crippen LogP contribution in [0, 0.1) is 5.82 Å². The number of nitrogen functional groups attached to an aromatic ring is 1. The summed E-state index contributed by atoms with van der Waals surface area (Å²) in [4.78, 5) is 29.5. The van der Waals surface area contributed by atoms with Gasteiger partial charge in [0.1, 0.15) is 11.5 Å². The third-order valence-corrected chi connectivity index (χ3v) is 4.88. The van der Waals surface area contributed by atoms with Crippen molar-refractivity contribution in [2.45, 2.75) is 0 Å². The molecule has 3 N–H and O–H groups in total. The maximum absolute atomic E-state index is 14.3. The van der Waals surface area contributed by atoms with Crippen molar-refractivity contribution in [1.82, 2.24) is 24.8 Å². The quantitative estimate of drug-likeness (QED) is 0.535. The Hall–Kier alpha value is -3.52. The second kappa shape index (κ2) is 7.14. The molecule has 7 nitrogen and oxygen atoms in total. The number of H-pyrrole nitrogens is 1. The van der Waals surface area contributed by atoms with E-state index < -0.39 is 0 Å². The van der Waals surface area contributed by atoms with Crippen LogP contribution in [-0.2, 0) is 0 Å². The van der Waals surface area contributed by atoms with E-state index >= 15 is 0 Å². The minimum atomic E-state index is -0.379. The lowest BCUT2D eigenvalue weighted by molar-refractivity contribution is 0.0823. The normalized spacial score (nSPS) is 11.0. The van der Waals surface area contributed by atoms with Crippen molar-refractivity contribution in [2.24, 2.45) is 0 Å². The van der Waals surface area contributed by atoms with E-state index in [1.807, 2.05) is 0 Å². The molecule has 1 aromatic carbocycles. The van der Waals surface area contributed by atoms with Crippen LogP contribution in [0.4, 0.5) is 10.2 Å². The van der Waals surface area contributed by atoms with Gasteiger partial charge in [-0.1, -0.05) is 29.8 Å². The van der Waals surface area contributed by atoms with Crippen molar-refractivity contribution in [3.63, 3.8) is 0 Å². The molecule has 0 bridgehead atoms. The molecule has 29 heavy (non-hydrogen) atoms. The average Bonchev–Trinajstić information content (AvgIpc) is 3.13. The van der Waals surface area contributed by atoms with E-state index in [0.717, 1.165) is 0 Å². The second-order valence-electron chi connectivity index (χ2n) is 6.58. The smallest absolute Gasteiger partial charge is 0.275 e. The predicted octanol–water partition coefficient (Wildman–Crippen LogP) is 3.76. The van der Waals surface area contributed by atoms with E-state index in [0.29, 0.717) is 38.4 Å². The van der Waals surface area contributed by atoms with Crippen LogP contribution >= 0.6 is 11.6 Å². The number of amides is 1. The van der Waals surface area contributed by atoms with Gasteiger partial charge in [-0.25, -0.2) is 19.3 Å². The van der Waals surface area contributed by atoms with E-state index in [9.17, 15) is 9.18 Å². The topological polar surface area (TPSA) is 101 Å². The number of aromatic amines is 1. The lowest BCUT2D eigenvalue weighted by atomic mass is 10.0. The highest BCUT2D eigenvalue weighted by Crippen LogP contribution is 2.38. The van der Waals surface area contributed by atoms with Gasteiger partial charge in [-0.3, -0.25) is 4.79 Å². The third kappa shape index (κ3) is 3.17. The standard InChI is InChI=1S/C20H16ClFN6O/c1-28(2)20(29)17-18(23)24-9-14(27-17)12-8-26-19-15(16(12)21)11(7-25-19)10-5-3-4-6-13(10)22/h3-9H,1-2H3,(H2,23,24)(H,25,26). The van der Waals surface area contributed by atoms with Crippen molar-refractivity contribution < 1.29 is 9.18 Å². The number of hydrogen-bond donors (Lipinski definition) is 2. The molecule has 0 aliphatic rings. The first-order chi connectivity index (χ1) is 13.9.